The number of rotatable bonds is 17. The van der Waals surface area contributed by atoms with E-state index in [1.54, 1.807) is 39.8 Å². The third-order valence-corrected chi connectivity index (χ3v) is 5.68. The number of aryl methyl sites for hydroxylation is 1. The number of ether oxygens (including phenoxy) is 5. The molecule has 1 aromatic rings. The van der Waals surface area contributed by atoms with Gasteiger partial charge >= 0.3 is 6.09 Å². The molecule has 0 aliphatic carbocycles. The molecule has 0 atom stereocenters. The Bertz CT molecular complexity index is 828. The minimum absolute atomic E-state index is 0.155. The Balaban J connectivity index is 1.90. The molecule has 0 saturated carbocycles. The molecule has 34 heavy (non-hydrogen) atoms. The minimum Gasteiger partial charge on any atom is -0.444 e. The number of nitrogens with one attached hydrogen (secondary N) is 2. The lowest BCUT2D eigenvalue weighted by Crippen LogP contribution is -2.34. The molecule has 11 nitrogen and oxygen atoms in total. The normalized spacial score (nSPS) is 12.0. The van der Waals surface area contributed by atoms with E-state index in [0.717, 1.165) is 0 Å². The molecule has 12 heteroatoms. The largest absolute Gasteiger partial charge is 0.444 e. The van der Waals surface area contributed by atoms with E-state index in [1.807, 2.05) is 0 Å². The van der Waals surface area contributed by atoms with Crippen molar-refractivity contribution in [3.05, 3.63) is 23.8 Å². The number of sulfonamides is 1. The van der Waals surface area contributed by atoms with Crippen LogP contribution in [0.1, 0.15) is 26.3 Å². The van der Waals surface area contributed by atoms with Gasteiger partial charge < -0.3 is 34.7 Å². The van der Waals surface area contributed by atoms with Gasteiger partial charge in [-0.05, 0) is 51.5 Å². The number of carbonyl (C=O) groups is 1. The van der Waals surface area contributed by atoms with E-state index < -0.39 is 21.7 Å². The second-order valence-corrected chi connectivity index (χ2v) is 10.0. The number of nitrogens with two attached hydrogens (primary N) is 1. The molecule has 0 aliphatic rings. The second kappa shape index (κ2) is 15.8. The van der Waals surface area contributed by atoms with Gasteiger partial charge in [-0.15, -0.1) is 0 Å². The molecule has 0 aromatic heterocycles. The zero-order chi connectivity index (χ0) is 25.5. The molecule has 0 aliphatic heterocycles. The SMILES string of the molecule is Cc1cc(N)ccc1S(=O)(=O)NCCOCCOCCOCCOCCNC(=O)OC(C)(C)C. The van der Waals surface area contributed by atoms with Crippen molar-refractivity contribution in [1.82, 2.24) is 10.0 Å². The summed E-state index contributed by atoms with van der Waals surface area (Å²) in [6.07, 6.45) is -0.469. The summed E-state index contributed by atoms with van der Waals surface area (Å²) in [6.45, 7) is 10.6. The summed E-state index contributed by atoms with van der Waals surface area (Å²) in [5, 5.41) is 2.60. The summed E-state index contributed by atoms with van der Waals surface area (Å²) in [5.74, 6) is 0. The average molecular weight is 506 g/mol. The maximum Gasteiger partial charge on any atom is 0.407 e. The number of amides is 1. The highest BCUT2D eigenvalue weighted by Crippen LogP contribution is 2.17. The summed E-state index contributed by atoms with van der Waals surface area (Å²) < 4.78 is 53.7. The fourth-order valence-corrected chi connectivity index (χ4v) is 3.84. The number of alkyl carbamates (subject to hydrolysis) is 1. The van der Waals surface area contributed by atoms with Crippen LogP contribution in [-0.2, 0) is 33.7 Å². The highest BCUT2D eigenvalue weighted by molar-refractivity contribution is 7.89. The molecule has 0 bridgehead atoms. The predicted octanol–water partition coefficient (Wildman–Crippen LogP) is 1.45. The molecule has 0 heterocycles. The first-order chi connectivity index (χ1) is 16.0. The lowest BCUT2D eigenvalue weighted by atomic mass is 10.2. The van der Waals surface area contributed by atoms with Gasteiger partial charge in [-0.25, -0.2) is 17.9 Å². The van der Waals surface area contributed by atoms with Gasteiger partial charge in [-0.2, -0.15) is 0 Å². The van der Waals surface area contributed by atoms with Crippen LogP contribution in [-0.4, -0.2) is 86.1 Å². The minimum atomic E-state index is -3.60. The Morgan fingerprint density at radius 2 is 1.38 bits per heavy atom. The van der Waals surface area contributed by atoms with Crippen molar-refractivity contribution in [2.24, 2.45) is 0 Å². The van der Waals surface area contributed by atoms with Crippen molar-refractivity contribution >= 4 is 21.8 Å². The zero-order valence-corrected chi connectivity index (χ0v) is 21.4. The van der Waals surface area contributed by atoms with Gasteiger partial charge in [0, 0.05) is 18.8 Å². The van der Waals surface area contributed by atoms with Crippen LogP contribution < -0.4 is 15.8 Å². The molecule has 0 unspecified atom stereocenters. The molecular weight excluding hydrogens is 466 g/mol. The van der Waals surface area contributed by atoms with Gasteiger partial charge in [0.1, 0.15) is 5.60 Å². The van der Waals surface area contributed by atoms with E-state index in [4.69, 9.17) is 29.4 Å². The van der Waals surface area contributed by atoms with Gasteiger partial charge in [0.2, 0.25) is 10.0 Å². The third-order valence-electron chi connectivity index (χ3n) is 4.06. The molecule has 1 rings (SSSR count). The highest BCUT2D eigenvalue weighted by atomic mass is 32.2. The smallest absolute Gasteiger partial charge is 0.407 e. The molecule has 0 spiro atoms. The fourth-order valence-electron chi connectivity index (χ4n) is 2.60. The third kappa shape index (κ3) is 14.3. The number of anilines is 1. The van der Waals surface area contributed by atoms with E-state index in [0.29, 0.717) is 64.0 Å². The molecule has 1 aromatic carbocycles. The summed E-state index contributed by atoms with van der Waals surface area (Å²) in [5.41, 5.74) is 6.24. The number of hydrogen-bond acceptors (Lipinski definition) is 9. The number of benzene rings is 1. The monoisotopic (exact) mass is 505 g/mol. The Kier molecular flexibility index (Phi) is 14.0. The number of nitrogen functional groups attached to an aromatic ring is 1. The molecule has 0 radical (unpaired) electrons. The molecule has 0 fully saturated rings. The first-order valence-electron chi connectivity index (χ1n) is 11.1. The van der Waals surface area contributed by atoms with Crippen LogP contribution in [0.25, 0.3) is 0 Å². The second-order valence-electron chi connectivity index (χ2n) is 8.30. The lowest BCUT2D eigenvalue weighted by molar-refractivity contribution is -0.00119. The number of carbonyl (C=O) groups excluding carboxylic acids is 1. The van der Waals surface area contributed by atoms with Crippen molar-refractivity contribution in [2.45, 2.75) is 38.2 Å². The van der Waals surface area contributed by atoms with E-state index in [-0.39, 0.29) is 18.0 Å². The molecule has 4 N–H and O–H groups in total. The van der Waals surface area contributed by atoms with E-state index in [9.17, 15) is 13.2 Å². The highest BCUT2D eigenvalue weighted by Gasteiger charge is 2.16. The lowest BCUT2D eigenvalue weighted by Gasteiger charge is -2.19. The standard InChI is InChI=1S/C22H39N3O8S/c1-18-17-19(23)5-6-20(18)34(27,28)25-8-10-30-12-14-32-16-15-31-13-11-29-9-7-24-21(26)33-22(2,3)4/h5-6,17,25H,7-16,23H2,1-4H3,(H,24,26). The van der Waals surface area contributed by atoms with Crippen molar-refractivity contribution in [2.75, 3.05) is 71.7 Å². The van der Waals surface area contributed by atoms with Crippen molar-refractivity contribution in [3.63, 3.8) is 0 Å². The van der Waals surface area contributed by atoms with E-state index in [2.05, 4.69) is 10.0 Å². The first kappa shape index (κ1) is 30.1. The maximum atomic E-state index is 12.3. The maximum absolute atomic E-state index is 12.3. The van der Waals surface area contributed by atoms with E-state index >= 15 is 0 Å². The van der Waals surface area contributed by atoms with Crippen LogP contribution in [0.3, 0.4) is 0 Å². The fraction of sp³-hybridized carbons (Fsp3) is 0.682. The van der Waals surface area contributed by atoms with Gasteiger partial charge in [0.05, 0.1) is 57.8 Å². The van der Waals surface area contributed by atoms with Crippen molar-refractivity contribution in [3.8, 4) is 0 Å². The van der Waals surface area contributed by atoms with Crippen LogP contribution in [0, 0.1) is 6.92 Å². The van der Waals surface area contributed by atoms with Crippen molar-refractivity contribution < 1.29 is 36.9 Å². The molecule has 196 valence electrons. The van der Waals surface area contributed by atoms with Gasteiger partial charge in [-0.1, -0.05) is 0 Å². The summed E-state index contributed by atoms with van der Waals surface area (Å²) in [4.78, 5) is 11.6. The van der Waals surface area contributed by atoms with Crippen LogP contribution >= 0.6 is 0 Å². The van der Waals surface area contributed by atoms with Gasteiger partial charge in [-0.3, -0.25) is 0 Å². The quantitative estimate of drug-likeness (QED) is 0.211. The van der Waals surface area contributed by atoms with Gasteiger partial charge in [0.25, 0.3) is 0 Å². The van der Waals surface area contributed by atoms with Crippen LogP contribution in [0.4, 0.5) is 10.5 Å². The summed E-state index contributed by atoms with van der Waals surface area (Å²) >= 11 is 0. The predicted molar refractivity (Wildman–Crippen MR) is 128 cm³/mol. The Morgan fingerprint density at radius 1 is 0.882 bits per heavy atom. The molecular formula is C22H39N3O8S. The van der Waals surface area contributed by atoms with Gasteiger partial charge in [0.15, 0.2) is 0 Å². The van der Waals surface area contributed by atoms with Crippen molar-refractivity contribution in [1.29, 1.82) is 0 Å². The summed E-state index contributed by atoms with van der Waals surface area (Å²) in [6, 6.07) is 4.66. The van der Waals surface area contributed by atoms with Crippen LogP contribution in [0.15, 0.2) is 23.1 Å². The van der Waals surface area contributed by atoms with Crippen LogP contribution in [0.2, 0.25) is 0 Å². The van der Waals surface area contributed by atoms with E-state index in [1.165, 1.54) is 6.07 Å². The van der Waals surface area contributed by atoms with Crippen LogP contribution in [0.5, 0.6) is 0 Å². The average Bonchev–Trinajstić information content (AvgIpc) is 2.71. The number of hydrogen-bond donors (Lipinski definition) is 3. The topological polar surface area (TPSA) is 147 Å². The Labute approximate surface area is 202 Å². The summed E-state index contributed by atoms with van der Waals surface area (Å²) in [7, 11) is -3.60. The molecule has 0 saturated heterocycles. The molecule has 1 amide bonds. The Hall–Kier alpha value is -1.96. The first-order valence-corrected chi connectivity index (χ1v) is 12.6. The Morgan fingerprint density at radius 3 is 1.88 bits per heavy atom. The zero-order valence-electron chi connectivity index (χ0n) is 20.6.